The molecule has 0 fully saturated rings. The van der Waals surface area contributed by atoms with E-state index in [1.54, 1.807) is 0 Å². The summed E-state index contributed by atoms with van der Waals surface area (Å²) in [7, 11) is 0. The maximum atomic E-state index is 13.3. The van der Waals surface area contributed by atoms with Gasteiger partial charge in [0.05, 0.1) is 11.6 Å². The summed E-state index contributed by atoms with van der Waals surface area (Å²) in [6.45, 7) is 3.66. The van der Waals surface area contributed by atoms with E-state index in [2.05, 4.69) is 10.3 Å². The monoisotopic (exact) mass is 373 g/mol. The summed E-state index contributed by atoms with van der Waals surface area (Å²) < 4.78 is 56.6. The number of oxazole rings is 1. The number of carbonyl (C=O) groups excluding carboxylic acids is 1. The lowest BCUT2D eigenvalue weighted by atomic mass is 10.0. The van der Waals surface area contributed by atoms with Crippen LogP contribution in [0.3, 0.4) is 0 Å². The molecule has 3 N–H and O–H groups in total. The van der Waals surface area contributed by atoms with Crippen LogP contribution in [-0.2, 0) is 12.7 Å². The molecule has 2 aromatic rings. The van der Waals surface area contributed by atoms with Gasteiger partial charge >= 0.3 is 6.18 Å². The summed E-state index contributed by atoms with van der Waals surface area (Å²) in [4.78, 5) is 16.0. The van der Waals surface area contributed by atoms with E-state index in [1.165, 1.54) is 0 Å². The number of hydrogen-bond donors (Lipinski definition) is 2. The Hall–Kier alpha value is -2.42. The molecule has 5 nitrogen and oxygen atoms in total. The molecule has 1 atom stereocenters. The normalized spacial score (nSPS) is 13.1. The third-order valence-electron chi connectivity index (χ3n) is 3.54. The Morgan fingerprint density at radius 1 is 1.31 bits per heavy atom. The van der Waals surface area contributed by atoms with Gasteiger partial charge in [0.2, 0.25) is 5.89 Å². The molecule has 142 valence electrons. The summed E-state index contributed by atoms with van der Waals surface area (Å²) >= 11 is 0. The van der Waals surface area contributed by atoms with Crippen molar-refractivity contribution >= 4 is 5.91 Å². The van der Waals surface area contributed by atoms with Gasteiger partial charge in [-0.1, -0.05) is 13.8 Å². The van der Waals surface area contributed by atoms with Gasteiger partial charge in [-0.3, -0.25) is 4.79 Å². The largest absolute Gasteiger partial charge is 0.446 e. The van der Waals surface area contributed by atoms with Gasteiger partial charge in [-0.25, -0.2) is 9.37 Å². The Bertz CT molecular complexity index is 772. The van der Waals surface area contributed by atoms with Crippen molar-refractivity contribution in [3.05, 3.63) is 53.0 Å². The third-order valence-corrected chi connectivity index (χ3v) is 3.54. The van der Waals surface area contributed by atoms with E-state index in [9.17, 15) is 22.4 Å². The van der Waals surface area contributed by atoms with Crippen molar-refractivity contribution in [1.29, 1.82) is 0 Å². The number of aromatic nitrogens is 1. The number of alkyl halides is 3. The number of nitrogens with zero attached hydrogens (tertiary/aromatic N) is 1. The highest BCUT2D eigenvalue weighted by Crippen LogP contribution is 2.30. The van der Waals surface area contributed by atoms with E-state index in [0.717, 1.165) is 18.4 Å². The van der Waals surface area contributed by atoms with Crippen LogP contribution in [0.2, 0.25) is 0 Å². The van der Waals surface area contributed by atoms with Gasteiger partial charge in [-0.2, -0.15) is 13.2 Å². The van der Waals surface area contributed by atoms with Gasteiger partial charge in [0, 0.05) is 6.54 Å². The second-order valence-corrected chi connectivity index (χ2v) is 6.34. The van der Waals surface area contributed by atoms with Crippen molar-refractivity contribution in [2.75, 3.05) is 0 Å². The average Bonchev–Trinajstić information content (AvgIpc) is 3.00. The number of nitrogens with two attached hydrogens (primary N) is 1. The predicted molar refractivity (Wildman–Crippen MR) is 85.5 cm³/mol. The van der Waals surface area contributed by atoms with Gasteiger partial charge in [0.15, 0.2) is 5.69 Å². The molecule has 1 aromatic carbocycles. The van der Waals surface area contributed by atoms with Crippen LogP contribution in [0.25, 0.3) is 0 Å². The van der Waals surface area contributed by atoms with Crippen molar-refractivity contribution in [3.63, 3.8) is 0 Å². The highest BCUT2D eigenvalue weighted by molar-refractivity contribution is 5.91. The molecule has 0 saturated carbocycles. The fourth-order valence-corrected chi connectivity index (χ4v) is 2.36. The number of nitrogens with one attached hydrogen (secondary N) is 1. The van der Waals surface area contributed by atoms with Crippen LogP contribution < -0.4 is 11.1 Å². The third kappa shape index (κ3) is 5.29. The molecule has 0 spiro atoms. The molecule has 0 radical (unpaired) electrons. The molecule has 1 aromatic heterocycles. The van der Waals surface area contributed by atoms with E-state index in [-0.39, 0.29) is 23.7 Å². The smallest absolute Gasteiger partial charge is 0.416 e. The molecule has 1 heterocycles. The van der Waals surface area contributed by atoms with E-state index in [4.69, 9.17) is 10.2 Å². The topological polar surface area (TPSA) is 81.1 Å². The molecular weight excluding hydrogens is 354 g/mol. The quantitative estimate of drug-likeness (QED) is 0.755. The van der Waals surface area contributed by atoms with E-state index < -0.39 is 29.5 Å². The van der Waals surface area contributed by atoms with Gasteiger partial charge < -0.3 is 15.5 Å². The number of halogens is 4. The summed E-state index contributed by atoms with van der Waals surface area (Å²) in [6, 6.07) is 1.62. The maximum absolute atomic E-state index is 13.3. The zero-order chi connectivity index (χ0) is 19.5. The van der Waals surface area contributed by atoms with Crippen LogP contribution in [0.5, 0.6) is 0 Å². The number of benzene rings is 1. The zero-order valence-electron chi connectivity index (χ0n) is 14.2. The summed E-state index contributed by atoms with van der Waals surface area (Å²) in [5, 5.41) is 2.38. The molecule has 0 bridgehead atoms. The fraction of sp³-hybridized carbons (Fsp3) is 0.412. The van der Waals surface area contributed by atoms with Crippen molar-refractivity contribution < 1.29 is 26.8 Å². The molecule has 0 saturated heterocycles. The molecule has 0 aliphatic heterocycles. The summed E-state index contributed by atoms with van der Waals surface area (Å²) in [6.07, 6.45) is -2.93. The zero-order valence-corrected chi connectivity index (χ0v) is 14.2. The van der Waals surface area contributed by atoms with Gasteiger partial charge in [-0.05, 0) is 36.1 Å². The van der Waals surface area contributed by atoms with E-state index in [0.29, 0.717) is 18.4 Å². The van der Waals surface area contributed by atoms with Crippen molar-refractivity contribution in [2.24, 2.45) is 11.7 Å². The molecular formula is C17H19F4N3O2. The second kappa shape index (κ2) is 7.86. The van der Waals surface area contributed by atoms with Gasteiger partial charge in [0.1, 0.15) is 12.1 Å². The lowest BCUT2D eigenvalue weighted by Gasteiger charge is -2.10. The van der Waals surface area contributed by atoms with Crippen LogP contribution >= 0.6 is 0 Å². The highest BCUT2D eigenvalue weighted by atomic mass is 19.4. The van der Waals surface area contributed by atoms with Crippen molar-refractivity contribution in [1.82, 2.24) is 10.3 Å². The van der Waals surface area contributed by atoms with Crippen LogP contribution in [0.15, 0.2) is 28.9 Å². The van der Waals surface area contributed by atoms with Crippen molar-refractivity contribution in [3.8, 4) is 0 Å². The Balaban J connectivity index is 2.03. The van der Waals surface area contributed by atoms with Gasteiger partial charge in [-0.15, -0.1) is 0 Å². The standard InChI is InChI=1S/C17H19F4N3O2/c1-9(2)3-13(22)16-24-14(8-26-16)15(25)23-7-10-4-11(17(19,20)21)6-12(18)5-10/h4-6,8-9,13H,3,7,22H2,1-2H3,(H,23,25). The first-order valence-electron chi connectivity index (χ1n) is 7.92. The number of hydrogen-bond acceptors (Lipinski definition) is 4. The first kappa shape index (κ1) is 19.9. The average molecular weight is 373 g/mol. The van der Waals surface area contributed by atoms with Crippen molar-refractivity contribution in [2.45, 2.75) is 39.0 Å². The molecule has 1 unspecified atom stereocenters. The Morgan fingerprint density at radius 2 is 2.00 bits per heavy atom. The lowest BCUT2D eigenvalue weighted by molar-refractivity contribution is -0.137. The molecule has 26 heavy (non-hydrogen) atoms. The Labute approximate surface area is 147 Å². The van der Waals surface area contributed by atoms with Crippen LogP contribution in [-0.4, -0.2) is 10.9 Å². The first-order valence-corrected chi connectivity index (χ1v) is 7.92. The minimum Gasteiger partial charge on any atom is -0.446 e. The van der Waals surface area contributed by atoms with Gasteiger partial charge in [0.25, 0.3) is 5.91 Å². The second-order valence-electron chi connectivity index (χ2n) is 6.34. The predicted octanol–water partition coefficient (Wildman–Crippen LogP) is 3.81. The Morgan fingerprint density at radius 3 is 2.62 bits per heavy atom. The summed E-state index contributed by atoms with van der Waals surface area (Å²) in [5.74, 6) is -1.18. The fourth-order valence-electron chi connectivity index (χ4n) is 2.36. The van der Waals surface area contributed by atoms with E-state index >= 15 is 0 Å². The highest BCUT2D eigenvalue weighted by Gasteiger charge is 2.31. The molecule has 0 aliphatic rings. The molecule has 1 amide bonds. The first-order chi connectivity index (χ1) is 12.1. The minimum absolute atomic E-state index is 0.0223. The lowest BCUT2D eigenvalue weighted by Crippen LogP contribution is -2.24. The van der Waals surface area contributed by atoms with Crippen LogP contribution in [0.4, 0.5) is 17.6 Å². The SMILES string of the molecule is CC(C)CC(N)c1nc(C(=O)NCc2cc(F)cc(C(F)(F)F)c2)co1. The minimum atomic E-state index is -4.67. The molecule has 9 heteroatoms. The van der Waals surface area contributed by atoms with E-state index in [1.807, 2.05) is 13.8 Å². The number of rotatable bonds is 6. The maximum Gasteiger partial charge on any atom is 0.416 e. The molecule has 0 aliphatic carbocycles. The Kier molecular flexibility index (Phi) is 6.01. The van der Waals surface area contributed by atoms with Crippen LogP contribution in [0.1, 0.15) is 53.8 Å². The number of amides is 1. The van der Waals surface area contributed by atoms with Crippen LogP contribution in [0, 0.1) is 11.7 Å². The summed E-state index contributed by atoms with van der Waals surface area (Å²) in [5.41, 5.74) is 4.72. The number of carbonyl (C=O) groups is 1. The molecule has 2 rings (SSSR count).